The van der Waals surface area contributed by atoms with Gasteiger partial charge in [-0.15, -0.1) is 0 Å². The summed E-state index contributed by atoms with van der Waals surface area (Å²) in [6.45, 7) is 0.581. The van der Waals surface area contributed by atoms with Crippen molar-refractivity contribution < 1.29 is 9.53 Å². The molecule has 5 N–H and O–H groups in total. The highest BCUT2D eigenvalue weighted by Crippen LogP contribution is 2.24. The highest BCUT2D eigenvalue weighted by molar-refractivity contribution is 6.03. The van der Waals surface area contributed by atoms with Gasteiger partial charge < -0.3 is 21.1 Å². The van der Waals surface area contributed by atoms with Crippen LogP contribution in [-0.4, -0.2) is 30.4 Å². The van der Waals surface area contributed by atoms with E-state index in [1.807, 2.05) is 48.5 Å². The zero-order valence-electron chi connectivity index (χ0n) is 15.3. The fraction of sp³-hybridized carbons (Fsp3) is 0.182. The van der Waals surface area contributed by atoms with Gasteiger partial charge in [0.1, 0.15) is 17.7 Å². The summed E-state index contributed by atoms with van der Waals surface area (Å²) in [7, 11) is 0. The molecule has 28 heavy (non-hydrogen) atoms. The van der Waals surface area contributed by atoms with Gasteiger partial charge in [-0.1, -0.05) is 48.5 Å². The number of carbonyl (C=O) groups excluding carboxylic acids is 1. The Bertz CT molecular complexity index is 1030. The largest absolute Gasteiger partial charge is 0.489 e. The maximum atomic E-state index is 12.7. The fourth-order valence-corrected chi connectivity index (χ4v) is 3.48. The first-order valence-corrected chi connectivity index (χ1v) is 9.23. The molecule has 4 rings (SSSR count). The lowest BCUT2D eigenvalue weighted by Crippen LogP contribution is -2.35. The Kier molecular flexibility index (Phi) is 4.95. The lowest BCUT2D eigenvalue weighted by Gasteiger charge is -2.15. The maximum absolute atomic E-state index is 12.7. The molecule has 1 aliphatic rings. The van der Waals surface area contributed by atoms with Crippen LogP contribution in [0.25, 0.3) is 10.8 Å². The molecule has 3 aromatic carbocycles. The first kappa shape index (κ1) is 18.0. The summed E-state index contributed by atoms with van der Waals surface area (Å²) in [5, 5.41) is 15.9. The smallest absolute Gasteiger partial charge is 0.241 e. The Morgan fingerprint density at radius 1 is 1.11 bits per heavy atom. The number of carbonyl (C=O) groups is 1. The van der Waals surface area contributed by atoms with Gasteiger partial charge in [0.2, 0.25) is 5.91 Å². The predicted octanol–water partition coefficient (Wildman–Crippen LogP) is 2.87. The monoisotopic (exact) mass is 374 g/mol. The van der Waals surface area contributed by atoms with E-state index in [1.165, 1.54) is 0 Å². The highest BCUT2D eigenvalue weighted by Gasteiger charge is 2.31. The van der Waals surface area contributed by atoms with Gasteiger partial charge in [0.05, 0.1) is 6.04 Å². The second-order valence-electron chi connectivity index (χ2n) is 6.89. The summed E-state index contributed by atoms with van der Waals surface area (Å²) < 4.78 is 5.97. The minimum absolute atomic E-state index is 0.00217. The van der Waals surface area contributed by atoms with Gasteiger partial charge in [-0.2, -0.15) is 0 Å². The van der Waals surface area contributed by atoms with Crippen LogP contribution < -0.4 is 21.1 Å². The van der Waals surface area contributed by atoms with Crippen LogP contribution in [0, 0.1) is 5.41 Å². The van der Waals surface area contributed by atoms with E-state index in [0.29, 0.717) is 24.3 Å². The molecule has 1 aliphatic heterocycles. The maximum Gasteiger partial charge on any atom is 0.241 e. The van der Waals surface area contributed by atoms with E-state index in [2.05, 4.69) is 10.6 Å². The minimum atomic E-state index is -0.319. The summed E-state index contributed by atoms with van der Waals surface area (Å²) in [5.41, 5.74) is 6.96. The zero-order valence-corrected chi connectivity index (χ0v) is 15.3. The molecule has 2 atom stereocenters. The molecule has 1 amide bonds. The third-order valence-electron chi connectivity index (χ3n) is 4.90. The van der Waals surface area contributed by atoms with Gasteiger partial charge in [0.15, 0.2) is 0 Å². The number of nitrogens with two attached hydrogens (primary N) is 1. The second kappa shape index (κ2) is 7.70. The molecule has 0 bridgehead atoms. The number of nitrogens with one attached hydrogen (secondary N) is 3. The molecule has 0 radical (unpaired) electrons. The van der Waals surface area contributed by atoms with Crippen molar-refractivity contribution in [2.45, 2.75) is 18.6 Å². The van der Waals surface area contributed by atoms with Crippen molar-refractivity contribution >= 4 is 28.2 Å². The number of amides is 1. The number of amidine groups is 1. The van der Waals surface area contributed by atoms with Crippen molar-refractivity contribution in [1.82, 2.24) is 5.32 Å². The van der Waals surface area contributed by atoms with E-state index >= 15 is 0 Å². The van der Waals surface area contributed by atoms with Crippen LogP contribution in [0.15, 0.2) is 66.7 Å². The van der Waals surface area contributed by atoms with Crippen molar-refractivity contribution in [3.8, 4) is 5.75 Å². The second-order valence-corrected chi connectivity index (χ2v) is 6.89. The van der Waals surface area contributed by atoms with E-state index in [4.69, 9.17) is 15.9 Å². The molecule has 0 aromatic heterocycles. The molecule has 6 heteroatoms. The summed E-state index contributed by atoms with van der Waals surface area (Å²) in [4.78, 5) is 12.7. The Hall–Kier alpha value is -3.38. The van der Waals surface area contributed by atoms with Gasteiger partial charge in [-0.05, 0) is 23.6 Å². The summed E-state index contributed by atoms with van der Waals surface area (Å²) in [6, 6.07) is 20.7. The van der Waals surface area contributed by atoms with E-state index < -0.39 is 0 Å². The van der Waals surface area contributed by atoms with Gasteiger partial charge >= 0.3 is 0 Å². The third-order valence-corrected chi connectivity index (χ3v) is 4.90. The number of hydrogen-bond acceptors (Lipinski definition) is 4. The van der Waals surface area contributed by atoms with Gasteiger partial charge in [-0.3, -0.25) is 10.2 Å². The van der Waals surface area contributed by atoms with Crippen LogP contribution in [-0.2, 0) is 4.79 Å². The quantitative estimate of drug-likeness (QED) is 0.407. The lowest BCUT2D eigenvalue weighted by atomic mass is 10.1. The van der Waals surface area contributed by atoms with Crippen LogP contribution in [0.5, 0.6) is 5.75 Å². The molecular weight excluding hydrogens is 352 g/mol. The Balaban J connectivity index is 1.40. The van der Waals surface area contributed by atoms with Crippen LogP contribution in [0.3, 0.4) is 0 Å². The third kappa shape index (κ3) is 3.82. The minimum Gasteiger partial charge on any atom is -0.489 e. The Morgan fingerprint density at radius 2 is 1.89 bits per heavy atom. The lowest BCUT2D eigenvalue weighted by molar-refractivity contribution is -0.117. The van der Waals surface area contributed by atoms with Crippen molar-refractivity contribution in [2.24, 2.45) is 5.73 Å². The highest BCUT2D eigenvalue weighted by atomic mass is 16.5. The van der Waals surface area contributed by atoms with E-state index in [0.717, 1.165) is 16.5 Å². The van der Waals surface area contributed by atoms with Crippen molar-refractivity contribution in [3.05, 3.63) is 72.3 Å². The number of nitrogen functional groups attached to an aromatic ring is 1. The van der Waals surface area contributed by atoms with Crippen LogP contribution >= 0.6 is 0 Å². The molecule has 2 unspecified atom stereocenters. The van der Waals surface area contributed by atoms with E-state index in [1.54, 1.807) is 18.2 Å². The molecule has 0 saturated carbocycles. The van der Waals surface area contributed by atoms with Crippen molar-refractivity contribution in [2.75, 3.05) is 11.9 Å². The van der Waals surface area contributed by atoms with Crippen molar-refractivity contribution in [3.63, 3.8) is 0 Å². The van der Waals surface area contributed by atoms with Gasteiger partial charge in [0.25, 0.3) is 0 Å². The standard InChI is InChI=1S/C22H22N4O2/c23-21(24)15-7-3-8-16(11-15)28-17-12-20(25-13-17)22(27)26-19-10-4-6-14-5-1-2-9-18(14)19/h1-11,17,20,25H,12-13H2,(H3,23,24)(H,26,27). The first-order valence-electron chi connectivity index (χ1n) is 9.23. The van der Waals surface area contributed by atoms with Crippen LogP contribution in [0.2, 0.25) is 0 Å². The topological polar surface area (TPSA) is 100 Å². The SMILES string of the molecule is N=C(N)c1cccc(OC2CNC(C(=O)Nc3cccc4ccccc34)C2)c1. The van der Waals surface area contributed by atoms with Gasteiger partial charge in [-0.25, -0.2) is 0 Å². The molecule has 3 aromatic rings. The van der Waals surface area contributed by atoms with Crippen LogP contribution in [0.4, 0.5) is 5.69 Å². The Labute approximate surface area is 163 Å². The summed E-state index contributed by atoms with van der Waals surface area (Å²) in [5.74, 6) is 0.580. The molecular formula is C22H22N4O2. The van der Waals surface area contributed by atoms with Gasteiger partial charge in [0, 0.05) is 29.6 Å². The number of fused-ring (bicyclic) bond motifs is 1. The molecule has 142 valence electrons. The first-order chi connectivity index (χ1) is 13.6. The average Bonchev–Trinajstić information content (AvgIpc) is 3.17. The fourth-order valence-electron chi connectivity index (χ4n) is 3.48. The van der Waals surface area contributed by atoms with Crippen LogP contribution in [0.1, 0.15) is 12.0 Å². The average molecular weight is 374 g/mol. The molecule has 1 saturated heterocycles. The molecule has 1 fully saturated rings. The number of benzene rings is 3. The van der Waals surface area contributed by atoms with Crippen molar-refractivity contribution in [1.29, 1.82) is 5.41 Å². The van der Waals surface area contributed by atoms with E-state index in [9.17, 15) is 4.79 Å². The predicted molar refractivity (Wildman–Crippen MR) is 111 cm³/mol. The number of hydrogen-bond donors (Lipinski definition) is 4. The Morgan fingerprint density at radius 3 is 2.75 bits per heavy atom. The normalized spacial score (nSPS) is 18.7. The number of anilines is 1. The number of rotatable bonds is 5. The molecule has 0 aliphatic carbocycles. The molecule has 6 nitrogen and oxygen atoms in total. The molecule has 0 spiro atoms. The number of ether oxygens (including phenoxy) is 1. The summed E-state index contributed by atoms with van der Waals surface area (Å²) in [6.07, 6.45) is 0.450. The van der Waals surface area contributed by atoms with E-state index in [-0.39, 0.29) is 23.9 Å². The summed E-state index contributed by atoms with van der Waals surface area (Å²) >= 11 is 0. The molecule has 1 heterocycles. The zero-order chi connectivity index (χ0) is 19.5.